The molecule has 0 saturated carbocycles. The quantitative estimate of drug-likeness (QED) is 0.848. The summed E-state index contributed by atoms with van der Waals surface area (Å²) >= 11 is 0. The molecule has 3 amide bonds. The predicted octanol–water partition coefficient (Wildman–Crippen LogP) is 2.42. The second kappa shape index (κ2) is 4.68. The third kappa shape index (κ3) is 2.35. The van der Waals surface area contributed by atoms with E-state index in [2.05, 4.69) is 5.32 Å². The lowest BCUT2D eigenvalue weighted by Crippen LogP contribution is -2.41. The van der Waals surface area contributed by atoms with E-state index in [0.717, 1.165) is 11.1 Å². The Labute approximate surface area is 113 Å². The first-order valence-corrected chi connectivity index (χ1v) is 6.56. The van der Waals surface area contributed by atoms with Crippen LogP contribution in [-0.4, -0.2) is 23.4 Å². The van der Waals surface area contributed by atoms with E-state index in [1.165, 1.54) is 4.90 Å². The van der Waals surface area contributed by atoms with Crippen molar-refractivity contribution < 1.29 is 9.59 Å². The monoisotopic (exact) mass is 260 g/mol. The van der Waals surface area contributed by atoms with Gasteiger partial charge in [-0.25, -0.2) is 4.79 Å². The summed E-state index contributed by atoms with van der Waals surface area (Å²) in [4.78, 5) is 25.8. The standard InChI is InChI=1S/C15H20N2O2/c1-10(2)9-17-13(18)15(4,16-14(17)19)12-7-5-11(3)6-8-12/h5-8,10H,9H2,1-4H3,(H,16,19)/t15-/m0/s1. The number of rotatable bonds is 3. The summed E-state index contributed by atoms with van der Waals surface area (Å²) in [5.41, 5.74) is 1.01. The van der Waals surface area contributed by atoms with Crippen molar-refractivity contribution in [1.82, 2.24) is 10.2 Å². The Kier molecular flexibility index (Phi) is 3.35. The van der Waals surface area contributed by atoms with Gasteiger partial charge in [-0.2, -0.15) is 0 Å². The number of imide groups is 1. The maximum atomic E-state index is 12.5. The van der Waals surface area contributed by atoms with Gasteiger partial charge in [0, 0.05) is 6.54 Å². The average Bonchev–Trinajstić information content (AvgIpc) is 2.54. The van der Waals surface area contributed by atoms with Crippen LogP contribution in [0.1, 0.15) is 31.9 Å². The van der Waals surface area contributed by atoms with E-state index in [9.17, 15) is 9.59 Å². The minimum atomic E-state index is -0.945. The fourth-order valence-electron chi connectivity index (χ4n) is 2.31. The van der Waals surface area contributed by atoms with Crippen molar-refractivity contribution in [3.05, 3.63) is 35.4 Å². The van der Waals surface area contributed by atoms with Gasteiger partial charge < -0.3 is 5.32 Å². The summed E-state index contributed by atoms with van der Waals surface area (Å²) in [5, 5.41) is 2.81. The Morgan fingerprint density at radius 2 is 1.79 bits per heavy atom. The van der Waals surface area contributed by atoms with Gasteiger partial charge in [0.2, 0.25) is 0 Å². The topological polar surface area (TPSA) is 49.4 Å². The van der Waals surface area contributed by atoms with Gasteiger partial charge in [0.25, 0.3) is 5.91 Å². The van der Waals surface area contributed by atoms with Crippen molar-refractivity contribution in [2.24, 2.45) is 5.92 Å². The summed E-state index contributed by atoms with van der Waals surface area (Å²) in [6.45, 7) is 8.18. The van der Waals surface area contributed by atoms with Gasteiger partial charge in [0.05, 0.1) is 0 Å². The van der Waals surface area contributed by atoms with Crippen LogP contribution < -0.4 is 5.32 Å². The highest BCUT2D eigenvalue weighted by Gasteiger charge is 2.48. The molecule has 1 aromatic rings. The van der Waals surface area contributed by atoms with Crippen molar-refractivity contribution in [1.29, 1.82) is 0 Å². The summed E-state index contributed by atoms with van der Waals surface area (Å²) in [5.74, 6) is 0.0881. The van der Waals surface area contributed by atoms with Crippen LogP contribution >= 0.6 is 0 Å². The number of hydrogen-bond donors (Lipinski definition) is 1. The fourth-order valence-corrected chi connectivity index (χ4v) is 2.31. The molecular formula is C15H20N2O2. The minimum Gasteiger partial charge on any atom is -0.319 e. The first kappa shape index (κ1) is 13.6. The first-order chi connectivity index (χ1) is 8.84. The largest absolute Gasteiger partial charge is 0.325 e. The molecule has 0 aromatic heterocycles. The molecule has 0 spiro atoms. The molecular weight excluding hydrogens is 240 g/mol. The van der Waals surface area contributed by atoms with E-state index in [0.29, 0.717) is 6.54 Å². The van der Waals surface area contributed by atoms with Crippen LogP contribution in [0.25, 0.3) is 0 Å². The molecule has 0 aliphatic carbocycles. The lowest BCUT2D eigenvalue weighted by atomic mass is 9.91. The average molecular weight is 260 g/mol. The fraction of sp³-hybridized carbons (Fsp3) is 0.467. The maximum Gasteiger partial charge on any atom is 0.325 e. The van der Waals surface area contributed by atoms with Crippen LogP contribution in [0.15, 0.2) is 24.3 Å². The SMILES string of the molecule is Cc1ccc([C@]2(C)NC(=O)N(CC(C)C)C2=O)cc1. The number of benzene rings is 1. The predicted molar refractivity (Wildman–Crippen MR) is 73.6 cm³/mol. The lowest BCUT2D eigenvalue weighted by molar-refractivity contribution is -0.131. The number of hydrogen-bond acceptors (Lipinski definition) is 2. The molecule has 1 N–H and O–H groups in total. The van der Waals surface area contributed by atoms with Crippen molar-refractivity contribution in [2.75, 3.05) is 6.54 Å². The van der Waals surface area contributed by atoms with E-state index in [-0.39, 0.29) is 17.9 Å². The van der Waals surface area contributed by atoms with E-state index in [1.54, 1.807) is 6.92 Å². The van der Waals surface area contributed by atoms with Crippen molar-refractivity contribution >= 4 is 11.9 Å². The van der Waals surface area contributed by atoms with Gasteiger partial charge in [-0.15, -0.1) is 0 Å². The number of carbonyl (C=O) groups is 2. The summed E-state index contributed by atoms with van der Waals surface area (Å²) in [6, 6.07) is 7.39. The van der Waals surface area contributed by atoms with Gasteiger partial charge in [0.1, 0.15) is 5.54 Å². The van der Waals surface area contributed by atoms with E-state index >= 15 is 0 Å². The normalized spacial score (nSPS) is 23.1. The Hall–Kier alpha value is -1.84. The minimum absolute atomic E-state index is 0.171. The van der Waals surface area contributed by atoms with Gasteiger partial charge in [-0.05, 0) is 25.3 Å². The Bertz CT molecular complexity index is 507. The second-order valence-electron chi connectivity index (χ2n) is 5.73. The van der Waals surface area contributed by atoms with Crippen LogP contribution in [-0.2, 0) is 10.3 Å². The van der Waals surface area contributed by atoms with Crippen LogP contribution in [0, 0.1) is 12.8 Å². The van der Waals surface area contributed by atoms with Gasteiger partial charge in [0.15, 0.2) is 0 Å². The zero-order chi connectivity index (χ0) is 14.2. The summed E-state index contributed by atoms with van der Waals surface area (Å²) < 4.78 is 0. The number of carbonyl (C=O) groups excluding carboxylic acids is 2. The smallest absolute Gasteiger partial charge is 0.319 e. The third-order valence-electron chi connectivity index (χ3n) is 3.45. The molecule has 1 atom stereocenters. The van der Waals surface area contributed by atoms with Gasteiger partial charge in [-0.1, -0.05) is 43.7 Å². The van der Waals surface area contributed by atoms with Crippen molar-refractivity contribution in [2.45, 2.75) is 33.2 Å². The van der Waals surface area contributed by atoms with Crippen LogP contribution in [0.5, 0.6) is 0 Å². The van der Waals surface area contributed by atoms with E-state index in [4.69, 9.17) is 0 Å². The molecule has 1 aliphatic heterocycles. The maximum absolute atomic E-state index is 12.5. The van der Waals surface area contributed by atoms with Crippen LogP contribution in [0.2, 0.25) is 0 Å². The molecule has 4 heteroatoms. The molecule has 19 heavy (non-hydrogen) atoms. The first-order valence-electron chi connectivity index (χ1n) is 6.56. The molecule has 1 aliphatic rings. The molecule has 1 fully saturated rings. The van der Waals surface area contributed by atoms with Crippen molar-refractivity contribution in [3.63, 3.8) is 0 Å². The number of amides is 3. The highest BCUT2D eigenvalue weighted by Crippen LogP contribution is 2.29. The zero-order valence-corrected chi connectivity index (χ0v) is 11.9. The zero-order valence-electron chi connectivity index (χ0n) is 11.9. The van der Waals surface area contributed by atoms with E-state index < -0.39 is 5.54 Å². The summed E-state index contributed by atoms with van der Waals surface area (Å²) in [7, 11) is 0. The molecule has 2 rings (SSSR count). The number of nitrogens with one attached hydrogen (secondary N) is 1. The second-order valence-corrected chi connectivity index (χ2v) is 5.73. The molecule has 0 bridgehead atoms. The summed E-state index contributed by atoms with van der Waals surface area (Å²) in [6.07, 6.45) is 0. The third-order valence-corrected chi connectivity index (χ3v) is 3.45. The van der Waals surface area contributed by atoms with E-state index in [1.807, 2.05) is 45.0 Å². The molecule has 0 unspecified atom stereocenters. The number of nitrogens with zero attached hydrogens (tertiary/aromatic N) is 1. The highest BCUT2D eigenvalue weighted by molar-refractivity contribution is 6.07. The number of aryl methyl sites for hydroxylation is 1. The lowest BCUT2D eigenvalue weighted by Gasteiger charge is -2.22. The Morgan fingerprint density at radius 3 is 2.32 bits per heavy atom. The Morgan fingerprint density at radius 1 is 1.21 bits per heavy atom. The molecule has 0 radical (unpaired) electrons. The molecule has 102 valence electrons. The van der Waals surface area contributed by atoms with Crippen molar-refractivity contribution in [3.8, 4) is 0 Å². The molecule has 4 nitrogen and oxygen atoms in total. The molecule has 1 heterocycles. The molecule has 1 saturated heterocycles. The number of urea groups is 1. The highest BCUT2D eigenvalue weighted by atomic mass is 16.2. The van der Waals surface area contributed by atoms with Gasteiger partial charge >= 0.3 is 6.03 Å². The van der Waals surface area contributed by atoms with Crippen LogP contribution in [0.4, 0.5) is 4.79 Å². The molecule has 1 aromatic carbocycles. The Balaban J connectivity index is 2.32. The van der Waals surface area contributed by atoms with Crippen LogP contribution in [0.3, 0.4) is 0 Å². The van der Waals surface area contributed by atoms with Gasteiger partial charge in [-0.3, -0.25) is 9.69 Å².